The summed E-state index contributed by atoms with van der Waals surface area (Å²) < 4.78 is 0. The second-order valence-corrected chi connectivity index (χ2v) is 13.0. The van der Waals surface area contributed by atoms with Crippen LogP contribution in [0.15, 0.2) is 79.4 Å². The van der Waals surface area contributed by atoms with Gasteiger partial charge >= 0.3 is 0 Å². The molecule has 2 aromatic heterocycles. The van der Waals surface area contributed by atoms with Crippen LogP contribution in [0.1, 0.15) is 43.7 Å². The fourth-order valence-corrected chi connectivity index (χ4v) is 6.23. The molecule has 0 atom stereocenters. The van der Waals surface area contributed by atoms with Gasteiger partial charge in [-0.2, -0.15) is 26.8 Å². The minimum absolute atomic E-state index is 0.223. The number of nitrogens with zero attached hydrogens (tertiary/aromatic N) is 5. The van der Waals surface area contributed by atoms with E-state index in [-0.39, 0.29) is 5.92 Å². The van der Waals surface area contributed by atoms with Crippen molar-refractivity contribution in [3.05, 3.63) is 90.5 Å². The molecule has 0 spiro atoms. The number of aldehydes is 1. The Hall–Kier alpha value is -4.48. The summed E-state index contributed by atoms with van der Waals surface area (Å²) in [5, 5.41) is 19.9. The summed E-state index contributed by atoms with van der Waals surface area (Å²) >= 11 is 2.00. The van der Waals surface area contributed by atoms with Crippen LogP contribution in [0.3, 0.4) is 0 Å². The van der Waals surface area contributed by atoms with Crippen molar-refractivity contribution in [2.45, 2.75) is 45.2 Å². The quantitative estimate of drug-likeness (QED) is 0.100. The lowest BCUT2D eigenvalue weighted by molar-refractivity contribution is -0.104. The molecule has 11 heteroatoms. The molecule has 0 bridgehead atoms. The molecule has 0 saturated carbocycles. The van der Waals surface area contributed by atoms with E-state index in [0.29, 0.717) is 18.5 Å². The van der Waals surface area contributed by atoms with Gasteiger partial charge in [0.15, 0.2) is 0 Å². The Morgan fingerprint density at radius 2 is 1.89 bits per heavy atom. The zero-order valence-corrected chi connectivity index (χ0v) is 28.8. The van der Waals surface area contributed by atoms with E-state index >= 15 is 0 Å². The highest BCUT2D eigenvalue weighted by molar-refractivity contribution is 7.99. The van der Waals surface area contributed by atoms with Gasteiger partial charge in [-0.05, 0) is 79.6 Å². The molecule has 0 aliphatic carbocycles. The summed E-state index contributed by atoms with van der Waals surface area (Å²) in [5.74, 6) is 3.89. The Bertz CT molecular complexity index is 1660. The SMILES string of the molecule is CN(C)C/C=C/C=O.CNc1ccc2c(-c3ccccc3CNc3nc(NC4CCSCC4)ncn[nH]cc3C(C)C)nccc2c1. The van der Waals surface area contributed by atoms with Gasteiger partial charge in [0.25, 0.3) is 0 Å². The summed E-state index contributed by atoms with van der Waals surface area (Å²) in [6.07, 6.45) is 11.6. The van der Waals surface area contributed by atoms with E-state index in [9.17, 15) is 4.79 Å². The van der Waals surface area contributed by atoms with Crippen molar-refractivity contribution in [1.82, 2.24) is 30.0 Å². The topological polar surface area (TPSA) is 124 Å². The number of carbonyl (C=O) groups excluding carboxylic acids is 1. The van der Waals surface area contributed by atoms with Crippen molar-refractivity contribution in [3.63, 3.8) is 0 Å². The van der Waals surface area contributed by atoms with Crippen LogP contribution in [-0.2, 0) is 11.3 Å². The molecule has 10 nitrogen and oxygen atoms in total. The van der Waals surface area contributed by atoms with Crippen molar-refractivity contribution in [2.75, 3.05) is 55.1 Å². The molecular weight excluding hydrogens is 607 g/mol. The third kappa shape index (κ3) is 10.8. The van der Waals surface area contributed by atoms with Gasteiger partial charge in [0, 0.05) is 60.8 Å². The van der Waals surface area contributed by atoms with Crippen molar-refractivity contribution in [3.8, 4) is 11.3 Å². The predicted octanol–water partition coefficient (Wildman–Crippen LogP) is 6.93. The zero-order valence-electron chi connectivity index (χ0n) is 28.0. The van der Waals surface area contributed by atoms with Crippen molar-refractivity contribution in [2.24, 2.45) is 0 Å². The zero-order chi connectivity index (χ0) is 33.4. The molecular formula is C36H47N9OS. The number of hydrogen-bond donors (Lipinski definition) is 4. The lowest BCUT2D eigenvalue weighted by Crippen LogP contribution is -2.25. The summed E-state index contributed by atoms with van der Waals surface area (Å²) in [6.45, 7) is 5.73. The molecule has 5 rings (SSSR count). The summed E-state index contributed by atoms with van der Waals surface area (Å²) in [4.78, 5) is 26.0. The van der Waals surface area contributed by atoms with Crippen LogP contribution in [0.2, 0.25) is 0 Å². The first-order valence-corrected chi connectivity index (χ1v) is 17.2. The second-order valence-electron chi connectivity index (χ2n) is 11.8. The Balaban J connectivity index is 0.000000555. The van der Waals surface area contributed by atoms with Gasteiger partial charge in [-0.1, -0.05) is 50.3 Å². The number of nitrogens with one attached hydrogen (secondary N) is 4. The number of aromatic amines is 1. The third-order valence-electron chi connectivity index (χ3n) is 7.66. The molecule has 0 amide bonds. The highest BCUT2D eigenvalue weighted by Crippen LogP contribution is 2.31. The largest absolute Gasteiger partial charge is 0.388 e. The van der Waals surface area contributed by atoms with E-state index in [4.69, 9.17) is 9.97 Å². The van der Waals surface area contributed by atoms with E-state index in [1.54, 1.807) is 0 Å². The van der Waals surface area contributed by atoms with E-state index in [1.807, 2.05) is 56.3 Å². The lowest BCUT2D eigenvalue weighted by Gasteiger charge is -2.22. The molecule has 0 unspecified atom stereocenters. The van der Waals surface area contributed by atoms with Gasteiger partial charge in [-0.15, -0.1) is 0 Å². The van der Waals surface area contributed by atoms with E-state index < -0.39 is 0 Å². The number of thioether (sulfide) groups is 1. The highest BCUT2D eigenvalue weighted by atomic mass is 32.2. The fourth-order valence-electron chi connectivity index (χ4n) is 5.13. The second kappa shape index (κ2) is 18.6. The Morgan fingerprint density at radius 1 is 1.09 bits per heavy atom. The van der Waals surface area contributed by atoms with Gasteiger partial charge in [0.05, 0.1) is 5.69 Å². The lowest BCUT2D eigenvalue weighted by atomic mass is 9.99. The van der Waals surface area contributed by atoms with E-state index in [2.05, 4.69) is 93.5 Å². The third-order valence-corrected chi connectivity index (χ3v) is 8.71. The number of anilines is 3. The standard InChI is InChI=1S/C30H36N8S.C6H11NO/c1-20(2)27-18-35-36-19-34-30(37-23-11-14-39-15-12-23)38-29(27)33-17-22-6-4-5-7-25(22)28-26-9-8-24(31-3)16-21(26)10-13-32-28;1-7(2)5-3-4-6-8/h4-10,13,16,18-20,23,31,35H,11-12,14-15,17H2,1-3H3,(H2,33,34,36,37,38);3-4,6H,5H2,1-2H3/b;4-3+. The molecule has 4 aromatic rings. The summed E-state index contributed by atoms with van der Waals surface area (Å²) in [6, 6.07) is 17.2. The van der Waals surface area contributed by atoms with E-state index in [0.717, 1.165) is 81.8 Å². The van der Waals surface area contributed by atoms with Crippen molar-refractivity contribution >= 4 is 46.3 Å². The number of fused-ring (bicyclic) bond motifs is 1. The molecule has 1 aliphatic rings. The molecule has 47 heavy (non-hydrogen) atoms. The van der Waals surface area contributed by atoms with Crippen molar-refractivity contribution in [1.29, 1.82) is 0 Å². The van der Waals surface area contributed by atoms with Gasteiger partial charge in [0.1, 0.15) is 18.4 Å². The summed E-state index contributed by atoms with van der Waals surface area (Å²) in [7, 11) is 5.84. The number of pyridine rings is 1. The first-order valence-electron chi connectivity index (χ1n) is 16.0. The molecule has 1 aliphatic heterocycles. The monoisotopic (exact) mass is 653 g/mol. The highest BCUT2D eigenvalue weighted by Gasteiger charge is 2.16. The molecule has 2 aromatic carbocycles. The first kappa shape index (κ1) is 35.4. The first-order chi connectivity index (χ1) is 22.9. The number of H-pyrrole nitrogens is 1. The van der Waals surface area contributed by atoms with Crippen LogP contribution >= 0.6 is 11.8 Å². The fraction of sp³-hybridized carbons (Fsp3) is 0.361. The van der Waals surface area contributed by atoms with Crippen LogP contribution in [-0.4, -0.2) is 81.6 Å². The van der Waals surface area contributed by atoms with Crippen LogP contribution in [0, 0.1) is 0 Å². The van der Waals surface area contributed by atoms with Crippen LogP contribution in [0.25, 0.3) is 22.0 Å². The smallest absolute Gasteiger partial charge is 0.226 e. The molecule has 3 heterocycles. The van der Waals surface area contributed by atoms with E-state index in [1.165, 1.54) is 12.4 Å². The number of hydrogen-bond acceptors (Lipinski definition) is 10. The van der Waals surface area contributed by atoms with Crippen LogP contribution in [0.5, 0.6) is 0 Å². The molecule has 4 N–H and O–H groups in total. The minimum Gasteiger partial charge on any atom is -0.388 e. The average molecular weight is 654 g/mol. The molecule has 248 valence electrons. The van der Waals surface area contributed by atoms with Crippen LogP contribution in [0.4, 0.5) is 17.5 Å². The normalized spacial score (nSPS) is 13.3. The maximum Gasteiger partial charge on any atom is 0.226 e. The Kier molecular flexibility index (Phi) is 14.0. The number of allylic oxidation sites excluding steroid dienone is 1. The molecule has 0 radical (unpaired) electrons. The van der Waals surface area contributed by atoms with Gasteiger partial charge < -0.3 is 20.9 Å². The predicted molar refractivity (Wildman–Crippen MR) is 198 cm³/mol. The maximum absolute atomic E-state index is 9.68. The maximum atomic E-state index is 9.68. The number of likely N-dealkylation sites (N-methyl/N-ethyl adjacent to an activating group) is 1. The number of carbonyl (C=O) groups is 1. The van der Waals surface area contributed by atoms with Gasteiger partial charge in [0.2, 0.25) is 5.95 Å². The molecule has 1 saturated heterocycles. The van der Waals surface area contributed by atoms with Crippen molar-refractivity contribution < 1.29 is 4.79 Å². The number of aromatic nitrogens is 5. The van der Waals surface area contributed by atoms with Gasteiger partial charge in [-0.25, -0.2) is 0 Å². The Morgan fingerprint density at radius 3 is 2.64 bits per heavy atom. The van der Waals surface area contributed by atoms with Gasteiger partial charge in [-0.3, -0.25) is 14.9 Å². The Labute approximate surface area is 282 Å². The minimum atomic E-state index is 0.223. The molecule has 1 fully saturated rings. The summed E-state index contributed by atoms with van der Waals surface area (Å²) in [5.41, 5.74) is 5.32. The number of benzene rings is 2. The number of rotatable bonds is 11. The average Bonchev–Trinajstić information content (AvgIpc) is 3.18. The van der Waals surface area contributed by atoms with Crippen LogP contribution < -0.4 is 16.0 Å².